The number of morpholine rings is 1. The number of aromatic nitrogens is 1. The van der Waals surface area contributed by atoms with Crippen LogP contribution in [0.15, 0.2) is 17.1 Å². The van der Waals surface area contributed by atoms with E-state index in [0.29, 0.717) is 31.1 Å². The largest absolute Gasteiger partial charge is 0.372 e. The summed E-state index contributed by atoms with van der Waals surface area (Å²) in [5, 5.41) is 3.38. The molecule has 26 heavy (non-hydrogen) atoms. The Morgan fingerprint density at radius 2 is 2.00 bits per heavy atom. The van der Waals surface area contributed by atoms with E-state index in [1.54, 1.807) is 9.47 Å². The van der Waals surface area contributed by atoms with Crippen molar-refractivity contribution in [2.75, 3.05) is 26.2 Å². The molecule has 2 aliphatic heterocycles. The van der Waals surface area contributed by atoms with Crippen molar-refractivity contribution in [3.05, 3.63) is 33.7 Å². The number of hydrogen-bond donors (Lipinski definition) is 1. The number of carbonyl (C=O) groups excluding carboxylic acids is 1. The SMILES string of the molecule is Cc1ccn(CC2CCCNC2)c(=O)c1C(=O)N1C[C@@H](C)O[C@@H](C)C1.Cl. The summed E-state index contributed by atoms with van der Waals surface area (Å²) in [4.78, 5) is 27.8. The van der Waals surface area contributed by atoms with Gasteiger partial charge in [0.2, 0.25) is 0 Å². The molecular formula is C19H30ClN3O3. The molecule has 0 spiro atoms. The molecule has 1 N–H and O–H groups in total. The Labute approximate surface area is 161 Å². The fraction of sp³-hybridized carbons (Fsp3) is 0.684. The van der Waals surface area contributed by atoms with Gasteiger partial charge in [-0.05, 0) is 64.3 Å². The molecule has 3 rings (SSSR count). The van der Waals surface area contributed by atoms with Gasteiger partial charge >= 0.3 is 0 Å². The lowest BCUT2D eigenvalue weighted by molar-refractivity contribution is -0.0586. The molecule has 0 radical (unpaired) electrons. The maximum Gasteiger partial charge on any atom is 0.263 e. The smallest absolute Gasteiger partial charge is 0.263 e. The van der Waals surface area contributed by atoms with E-state index in [2.05, 4.69) is 5.32 Å². The number of nitrogens with one attached hydrogen (secondary N) is 1. The van der Waals surface area contributed by atoms with E-state index in [1.165, 1.54) is 0 Å². The molecule has 1 aromatic rings. The molecule has 0 aliphatic carbocycles. The van der Waals surface area contributed by atoms with Gasteiger partial charge in [0.1, 0.15) is 5.56 Å². The van der Waals surface area contributed by atoms with Crippen LogP contribution in [0.1, 0.15) is 42.6 Å². The topological polar surface area (TPSA) is 63.6 Å². The second-order valence-corrected chi connectivity index (χ2v) is 7.51. The number of amides is 1. The van der Waals surface area contributed by atoms with Crippen molar-refractivity contribution in [3.63, 3.8) is 0 Å². The monoisotopic (exact) mass is 383 g/mol. The van der Waals surface area contributed by atoms with E-state index < -0.39 is 0 Å². The van der Waals surface area contributed by atoms with Crippen molar-refractivity contribution in [1.29, 1.82) is 0 Å². The number of halogens is 1. The number of ether oxygens (including phenoxy) is 1. The van der Waals surface area contributed by atoms with E-state index in [0.717, 1.165) is 31.5 Å². The Morgan fingerprint density at radius 1 is 1.31 bits per heavy atom. The Kier molecular flexibility index (Phi) is 7.26. The molecule has 3 heterocycles. The quantitative estimate of drug-likeness (QED) is 0.864. The third kappa shape index (κ3) is 4.67. The summed E-state index contributed by atoms with van der Waals surface area (Å²) in [5.74, 6) is 0.279. The second-order valence-electron chi connectivity index (χ2n) is 7.51. The van der Waals surface area contributed by atoms with Gasteiger partial charge in [-0.25, -0.2) is 0 Å². The average molecular weight is 384 g/mol. The van der Waals surface area contributed by atoms with Gasteiger partial charge in [0.05, 0.1) is 12.2 Å². The third-order valence-electron chi connectivity index (χ3n) is 5.15. The molecule has 7 heteroatoms. The van der Waals surface area contributed by atoms with Crippen molar-refractivity contribution in [2.45, 2.75) is 52.4 Å². The molecule has 2 fully saturated rings. The van der Waals surface area contributed by atoms with Crippen molar-refractivity contribution >= 4 is 18.3 Å². The molecule has 0 bridgehead atoms. The molecule has 6 nitrogen and oxygen atoms in total. The molecule has 1 unspecified atom stereocenters. The number of rotatable bonds is 3. The van der Waals surface area contributed by atoms with Crippen LogP contribution in [-0.4, -0.2) is 53.8 Å². The Bertz CT molecular complexity index is 675. The van der Waals surface area contributed by atoms with Crippen molar-refractivity contribution in [2.24, 2.45) is 5.92 Å². The predicted molar refractivity (Wildman–Crippen MR) is 104 cm³/mol. The van der Waals surface area contributed by atoms with Crippen LogP contribution in [0.2, 0.25) is 0 Å². The maximum atomic E-state index is 13.0. The van der Waals surface area contributed by atoms with E-state index in [1.807, 2.05) is 33.0 Å². The molecule has 1 aromatic heterocycles. The molecule has 3 atom stereocenters. The Hall–Kier alpha value is -1.37. The van der Waals surface area contributed by atoms with Gasteiger partial charge in [-0.1, -0.05) is 0 Å². The molecule has 0 saturated carbocycles. The molecule has 146 valence electrons. The first-order chi connectivity index (χ1) is 12.0. The summed E-state index contributed by atoms with van der Waals surface area (Å²) >= 11 is 0. The fourth-order valence-corrected chi connectivity index (χ4v) is 3.93. The molecule has 1 amide bonds. The molecule has 2 saturated heterocycles. The fourth-order valence-electron chi connectivity index (χ4n) is 3.93. The first kappa shape index (κ1) is 20.9. The van der Waals surface area contributed by atoms with Crippen molar-refractivity contribution in [3.8, 4) is 0 Å². The highest BCUT2D eigenvalue weighted by Crippen LogP contribution is 2.16. The summed E-state index contributed by atoms with van der Waals surface area (Å²) in [6.07, 6.45) is 4.07. The first-order valence-corrected chi connectivity index (χ1v) is 9.31. The minimum atomic E-state index is -0.166. The lowest BCUT2D eigenvalue weighted by Crippen LogP contribution is -2.49. The van der Waals surface area contributed by atoms with Gasteiger partial charge in [0, 0.05) is 25.8 Å². The first-order valence-electron chi connectivity index (χ1n) is 9.31. The minimum absolute atomic E-state index is 0. The predicted octanol–water partition coefficient (Wildman–Crippen LogP) is 1.83. The van der Waals surface area contributed by atoms with Gasteiger partial charge in [-0.3, -0.25) is 9.59 Å². The number of nitrogens with zero attached hydrogens (tertiary/aromatic N) is 2. The van der Waals surface area contributed by atoms with Crippen LogP contribution >= 0.6 is 12.4 Å². The molecule has 2 aliphatic rings. The summed E-state index contributed by atoms with van der Waals surface area (Å²) in [6, 6.07) is 1.89. The zero-order chi connectivity index (χ0) is 18.0. The Balaban J connectivity index is 0.00000243. The maximum absolute atomic E-state index is 13.0. The zero-order valence-electron chi connectivity index (χ0n) is 15.9. The van der Waals surface area contributed by atoms with Crippen LogP contribution < -0.4 is 10.9 Å². The van der Waals surface area contributed by atoms with Crippen LogP contribution in [-0.2, 0) is 11.3 Å². The van der Waals surface area contributed by atoms with E-state index in [9.17, 15) is 9.59 Å². The lowest BCUT2D eigenvalue weighted by atomic mass is 9.99. The summed E-state index contributed by atoms with van der Waals surface area (Å²) < 4.78 is 7.42. The summed E-state index contributed by atoms with van der Waals surface area (Å²) in [5.41, 5.74) is 0.898. The normalized spacial score (nSPS) is 26.3. The van der Waals surface area contributed by atoms with Crippen LogP contribution in [0.4, 0.5) is 0 Å². The van der Waals surface area contributed by atoms with E-state index in [-0.39, 0.29) is 36.1 Å². The highest BCUT2D eigenvalue weighted by molar-refractivity contribution is 5.95. The zero-order valence-corrected chi connectivity index (χ0v) is 16.7. The number of aryl methyl sites for hydroxylation is 1. The van der Waals surface area contributed by atoms with Gasteiger partial charge in [-0.15, -0.1) is 12.4 Å². The van der Waals surface area contributed by atoms with Gasteiger partial charge in [-0.2, -0.15) is 0 Å². The van der Waals surface area contributed by atoms with Gasteiger partial charge in [0.15, 0.2) is 0 Å². The van der Waals surface area contributed by atoms with E-state index >= 15 is 0 Å². The van der Waals surface area contributed by atoms with Crippen LogP contribution in [0.3, 0.4) is 0 Å². The van der Waals surface area contributed by atoms with Crippen LogP contribution in [0.5, 0.6) is 0 Å². The molecular weight excluding hydrogens is 354 g/mol. The third-order valence-corrected chi connectivity index (χ3v) is 5.15. The number of pyridine rings is 1. The second kappa shape index (κ2) is 9.02. The van der Waals surface area contributed by atoms with Crippen molar-refractivity contribution < 1.29 is 9.53 Å². The lowest BCUT2D eigenvalue weighted by Gasteiger charge is -2.35. The van der Waals surface area contributed by atoms with Crippen molar-refractivity contribution in [1.82, 2.24) is 14.8 Å². The number of hydrogen-bond acceptors (Lipinski definition) is 4. The van der Waals surface area contributed by atoms with E-state index in [4.69, 9.17) is 4.74 Å². The number of carbonyl (C=O) groups is 1. The standard InChI is InChI=1S/C19H29N3O3.ClH/c1-13-6-8-21(12-16-5-4-7-20-9-16)18(23)17(13)19(24)22-10-14(2)25-15(3)11-22;/h6,8,14-16,20H,4-5,7,9-12H2,1-3H3;1H/t14-,15+,16?;. The summed E-state index contributed by atoms with van der Waals surface area (Å²) in [6.45, 7) is 9.48. The van der Waals surface area contributed by atoms with Crippen LogP contribution in [0, 0.1) is 12.8 Å². The number of piperidine rings is 1. The van der Waals surface area contributed by atoms with Gasteiger partial charge in [0.25, 0.3) is 11.5 Å². The molecule has 0 aromatic carbocycles. The minimum Gasteiger partial charge on any atom is -0.372 e. The Morgan fingerprint density at radius 3 is 2.62 bits per heavy atom. The average Bonchev–Trinajstić information content (AvgIpc) is 2.57. The van der Waals surface area contributed by atoms with Crippen LogP contribution in [0.25, 0.3) is 0 Å². The van der Waals surface area contributed by atoms with Gasteiger partial charge < -0.3 is 19.5 Å². The highest BCUT2D eigenvalue weighted by atomic mass is 35.5. The highest BCUT2D eigenvalue weighted by Gasteiger charge is 2.29. The summed E-state index contributed by atoms with van der Waals surface area (Å²) in [7, 11) is 0.